The van der Waals surface area contributed by atoms with Crippen molar-refractivity contribution in [3.05, 3.63) is 0 Å². The Kier molecular flexibility index (Phi) is 4.04. The highest BCUT2D eigenvalue weighted by Gasteiger charge is 2.30. The topological polar surface area (TPSA) is 21.3 Å². The second-order valence-corrected chi connectivity index (χ2v) is 5.32. The highest BCUT2D eigenvalue weighted by Crippen LogP contribution is 2.31. The summed E-state index contributed by atoms with van der Waals surface area (Å²) in [6.07, 6.45) is 7.34. The van der Waals surface area contributed by atoms with Crippen LogP contribution in [0.5, 0.6) is 0 Å². The van der Waals surface area contributed by atoms with Gasteiger partial charge < -0.3 is 10.1 Å². The summed E-state index contributed by atoms with van der Waals surface area (Å²) in [4.78, 5) is 0. The van der Waals surface area contributed by atoms with E-state index in [1.165, 1.54) is 38.6 Å². The van der Waals surface area contributed by atoms with Crippen molar-refractivity contribution in [1.82, 2.24) is 5.32 Å². The molecule has 2 fully saturated rings. The fourth-order valence-corrected chi connectivity index (χ4v) is 2.95. The van der Waals surface area contributed by atoms with Crippen molar-refractivity contribution in [3.63, 3.8) is 0 Å². The zero-order valence-electron chi connectivity index (χ0n) is 10.2. The first-order valence-corrected chi connectivity index (χ1v) is 6.64. The molecule has 2 saturated carbocycles. The van der Waals surface area contributed by atoms with Crippen LogP contribution in [0.2, 0.25) is 0 Å². The summed E-state index contributed by atoms with van der Waals surface area (Å²) >= 11 is 0. The molecule has 2 nitrogen and oxygen atoms in total. The van der Waals surface area contributed by atoms with Gasteiger partial charge in [-0.15, -0.1) is 0 Å². The predicted octanol–water partition coefficient (Wildman–Crippen LogP) is 2.58. The Bertz CT molecular complexity index is 189. The van der Waals surface area contributed by atoms with Gasteiger partial charge in [0, 0.05) is 12.6 Å². The molecule has 0 radical (unpaired) electrons. The Labute approximate surface area is 93.8 Å². The lowest BCUT2D eigenvalue weighted by molar-refractivity contribution is -0.0108. The average molecular weight is 211 g/mol. The van der Waals surface area contributed by atoms with Crippen molar-refractivity contribution < 1.29 is 4.74 Å². The number of hydrogen-bond acceptors (Lipinski definition) is 2. The molecule has 0 aliphatic heterocycles. The molecule has 0 aromatic rings. The molecule has 1 N–H and O–H groups in total. The lowest BCUT2D eigenvalue weighted by Gasteiger charge is -2.36. The van der Waals surface area contributed by atoms with E-state index in [0.29, 0.717) is 6.10 Å². The second kappa shape index (κ2) is 5.31. The van der Waals surface area contributed by atoms with E-state index in [1.54, 1.807) is 0 Å². The van der Waals surface area contributed by atoms with Crippen LogP contribution < -0.4 is 5.32 Å². The lowest BCUT2D eigenvalue weighted by Crippen LogP contribution is -2.47. The number of nitrogens with one attached hydrogen (secondary N) is 1. The number of ether oxygens (including phenoxy) is 1. The summed E-state index contributed by atoms with van der Waals surface area (Å²) in [5, 5.41) is 3.70. The van der Waals surface area contributed by atoms with Gasteiger partial charge in [-0.05, 0) is 44.6 Å². The van der Waals surface area contributed by atoms with Gasteiger partial charge in [0.2, 0.25) is 0 Å². The summed E-state index contributed by atoms with van der Waals surface area (Å²) in [6, 6.07) is 0.745. The molecule has 2 heteroatoms. The average Bonchev–Trinajstić information content (AvgIpc) is 2.55. The lowest BCUT2D eigenvalue weighted by atomic mass is 9.88. The smallest absolute Gasteiger partial charge is 0.0604 e. The third-order valence-corrected chi connectivity index (χ3v) is 4.21. The van der Waals surface area contributed by atoms with Gasteiger partial charge in [-0.25, -0.2) is 0 Å². The quantitative estimate of drug-likeness (QED) is 0.754. The van der Waals surface area contributed by atoms with E-state index in [-0.39, 0.29) is 0 Å². The van der Waals surface area contributed by atoms with Crippen LogP contribution in [0.1, 0.15) is 46.0 Å². The van der Waals surface area contributed by atoms with Crippen LogP contribution in [0.25, 0.3) is 0 Å². The van der Waals surface area contributed by atoms with Crippen molar-refractivity contribution in [1.29, 1.82) is 0 Å². The van der Waals surface area contributed by atoms with E-state index in [4.69, 9.17) is 4.74 Å². The predicted molar refractivity (Wildman–Crippen MR) is 62.9 cm³/mol. The normalized spacial score (nSPS) is 40.4. The Balaban J connectivity index is 1.56. The van der Waals surface area contributed by atoms with Crippen LogP contribution in [0.15, 0.2) is 0 Å². The van der Waals surface area contributed by atoms with Gasteiger partial charge in [-0.3, -0.25) is 0 Å². The van der Waals surface area contributed by atoms with Gasteiger partial charge >= 0.3 is 0 Å². The van der Waals surface area contributed by atoms with Gasteiger partial charge in [0.25, 0.3) is 0 Å². The third kappa shape index (κ3) is 2.94. The van der Waals surface area contributed by atoms with Gasteiger partial charge in [0.15, 0.2) is 0 Å². The van der Waals surface area contributed by atoms with Crippen LogP contribution in [0.3, 0.4) is 0 Å². The first kappa shape index (κ1) is 11.4. The standard InChI is InChI=1S/C13H25NO/c1-3-15-13-7-12(8-13)14-9-11-6-4-5-10(11)2/h10-14H,3-9H2,1-2H3. The number of hydrogen-bond donors (Lipinski definition) is 1. The molecule has 2 unspecified atom stereocenters. The first-order chi connectivity index (χ1) is 7.29. The maximum absolute atomic E-state index is 5.56. The minimum Gasteiger partial charge on any atom is -0.378 e. The fraction of sp³-hybridized carbons (Fsp3) is 1.00. The Hall–Kier alpha value is -0.0800. The molecule has 0 aromatic heterocycles. The molecule has 2 rings (SSSR count). The molecule has 88 valence electrons. The highest BCUT2D eigenvalue weighted by molar-refractivity contribution is 4.87. The van der Waals surface area contributed by atoms with E-state index >= 15 is 0 Å². The molecular weight excluding hydrogens is 186 g/mol. The molecule has 0 aromatic carbocycles. The molecule has 0 spiro atoms. The Morgan fingerprint density at radius 2 is 2.07 bits per heavy atom. The molecule has 0 saturated heterocycles. The van der Waals surface area contributed by atoms with Crippen LogP contribution in [0.4, 0.5) is 0 Å². The molecule has 0 bridgehead atoms. The van der Waals surface area contributed by atoms with Crippen LogP contribution in [-0.2, 0) is 4.74 Å². The summed E-state index contributed by atoms with van der Waals surface area (Å²) in [7, 11) is 0. The summed E-state index contributed by atoms with van der Waals surface area (Å²) in [5.74, 6) is 1.89. The molecule has 0 amide bonds. The van der Waals surface area contributed by atoms with E-state index in [1.807, 2.05) is 0 Å². The minimum atomic E-state index is 0.550. The summed E-state index contributed by atoms with van der Waals surface area (Å²) in [5.41, 5.74) is 0. The van der Waals surface area contributed by atoms with E-state index < -0.39 is 0 Å². The van der Waals surface area contributed by atoms with Crippen molar-refractivity contribution in [2.75, 3.05) is 13.2 Å². The van der Waals surface area contributed by atoms with Crippen molar-refractivity contribution in [3.8, 4) is 0 Å². The van der Waals surface area contributed by atoms with Crippen LogP contribution >= 0.6 is 0 Å². The van der Waals surface area contributed by atoms with Gasteiger partial charge in [-0.1, -0.05) is 19.8 Å². The van der Waals surface area contributed by atoms with Crippen molar-refractivity contribution in [2.45, 2.75) is 58.1 Å². The molecular formula is C13H25NO. The zero-order chi connectivity index (χ0) is 10.7. The zero-order valence-corrected chi connectivity index (χ0v) is 10.2. The largest absolute Gasteiger partial charge is 0.378 e. The number of rotatable bonds is 5. The van der Waals surface area contributed by atoms with Crippen LogP contribution in [0, 0.1) is 11.8 Å². The van der Waals surface area contributed by atoms with Gasteiger partial charge in [-0.2, -0.15) is 0 Å². The third-order valence-electron chi connectivity index (χ3n) is 4.21. The van der Waals surface area contributed by atoms with Gasteiger partial charge in [0.1, 0.15) is 0 Å². The molecule has 2 atom stereocenters. The van der Waals surface area contributed by atoms with E-state index in [0.717, 1.165) is 24.5 Å². The summed E-state index contributed by atoms with van der Waals surface area (Å²) in [6.45, 7) is 6.60. The SMILES string of the molecule is CCOC1CC(NCC2CCCC2C)C1. The van der Waals surface area contributed by atoms with Gasteiger partial charge in [0.05, 0.1) is 6.10 Å². The Morgan fingerprint density at radius 1 is 1.27 bits per heavy atom. The monoisotopic (exact) mass is 211 g/mol. The highest BCUT2D eigenvalue weighted by atomic mass is 16.5. The molecule has 0 heterocycles. The minimum absolute atomic E-state index is 0.550. The van der Waals surface area contributed by atoms with Crippen molar-refractivity contribution in [2.24, 2.45) is 11.8 Å². The summed E-state index contributed by atoms with van der Waals surface area (Å²) < 4.78 is 5.56. The molecule has 2 aliphatic rings. The van der Waals surface area contributed by atoms with E-state index in [9.17, 15) is 0 Å². The fourth-order valence-electron chi connectivity index (χ4n) is 2.95. The van der Waals surface area contributed by atoms with Crippen molar-refractivity contribution >= 4 is 0 Å². The maximum Gasteiger partial charge on any atom is 0.0604 e. The Morgan fingerprint density at radius 3 is 2.67 bits per heavy atom. The maximum atomic E-state index is 5.56. The first-order valence-electron chi connectivity index (χ1n) is 6.64. The molecule has 15 heavy (non-hydrogen) atoms. The van der Waals surface area contributed by atoms with E-state index in [2.05, 4.69) is 19.2 Å². The van der Waals surface area contributed by atoms with Crippen LogP contribution in [-0.4, -0.2) is 25.3 Å². The second-order valence-electron chi connectivity index (χ2n) is 5.32. The molecule has 2 aliphatic carbocycles.